The first-order valence-corrected chi connectivity index (χ1v) is 6.63. The maximum absolute atomic E-state index is 11.9. The second-order valence-corrected chi connectivity index (χ2v) is 6.24. The Labute approximate surface area is 114 Å². The summed E-state index contributed by atoms with van der Waals surface area (Å²) >= 11 is 0. The Morgan fingerprint density at radius 1 is 1.42 bits per heavy atom. The maximum atomic E-state index is 11.9. The Kier molecular flexibility index (Phi) is 3.69. The van der Waals surface area contributed by atoms with Crippen molar-refractivity contribution in [3.63, 3.8) is 0 Å². The predicted molar refractivity (Wildman–Crippen MR) is 77.9 cm³/mol. The number of hydrogen-bond acceptors (Lipinski definition) is 3. The van der Waals surface area contributed by atoms with Crippen LogP contribution >= 0.6 is 0 Å². The highest BCUT2D eigenvalue weighted by Crippen LogP contribution is 2.33. The number of amides is 1. The first kappa shape index (κ1) is 13.7. The average molecular weight is 262 g/mol. The van der Waals surface area contributed by atoms with Crippen molar-refractivity contribution in [1.29, 1.82) is 0 Å². The number of carbonyl (C=O) groups is 1. The molecule has 0 fully saturated rings. The molecule has 0 bridgehead atoms. The second kappa shape index (κ2) is 5.11. The van der Waals surface area contributed by atoms with Gasteiger partial charge < -0.3 is 15.0 Å². The van der Waals surface area contributed by atoms with Crippen LogP contribution in [0, 0.1) is 5.41 Å². The van der Waals surface area contributed by atoms with Crippen molar-refractivity contribution in [3.8, 4) is 5.75 Å². The van der Waals surface area contributed by atoms with Crippen LogP contribution in [0.3, 0.4) is 0 Å². The van der Waals surface area contributed by atoms with E-state index in [-0.39, 0.29) is 11.3 Å². The van der Waals surface area contributed by atoms with Gasteiger partial charge in [-0.25, -0.2) is 0 Å². The lowest BCUT2D eigenvalue weighted by Gasteiger charge is -2.28. The number of nitrogens with one attached hydrogen (secondary N) is 1. The summed E-state index contributed by atoms with van der Waals surface area (Å²) in [5.74, 6) is 0.874. The van der Waals surface area contributed by atoms with Gasteiger partial charge in [-0.2, -0.15) is 0 Å². The molecule has 4 nitrogen and oxygen atoms in total. The van der Waals surface area contributed by atoms with E-state index in [2.05, 4.69) is 31.0 Å². The Balaban J connectivity index is 2.08. The normalized spacial score (nSPS) is 14.6. The number of nitrogens with zero attached hydrogens (tertiary/aromatic N) is 1. The van der Waals surface area contributed by atoms with Gasteiger partial charge in [-0.3, -0.25) is 4.79 Å². The summed E-state index contributed by atoms with van der Waals surface area (Å²) in [5.41, 5.74) is 1.86. The molecule has 0 radical (unpaired) electrons. The molecular weight excluding hydrogens is 240 g/mol. The van der Waals surface area contributed by atoms with Crippen molar-refractivity contribution >= 4 is 17.3 Å². The van der Waals surface area contributed by atoms with Gasteiger partial charge in [0.25, 0.3) is 0 Å². The molecule has 0 saturated carbocycles. The van der Waals surface area contributed by atoms with Crippen LogP contribution in [0.4, 0.5) is 11.4 Å². The van der Waals surface area contributed by atoms with E-state index >= 15 is 0 Å². The number of fused-ring (bicyclic) bond motifs is 1. The average Bonchev–Trinajstić information content (AvgIpc) is 2.26. The third-order valence-corrected chi connectivity index (χ3v) is 3.03. The fourth-order valence-corrected chi connectivity index (χ4v) is 2.12. The lowest BCUT2D eigenvalue weighted by Crippen LogP contribution is -2.28. The highest BCUT2D eigenvalue weighted by Gasteiger charge is 2.18. The number of likely N-dealkylation sites (N-methyl/N-ethyl adjacent to an activating group) is 1. The molecule has 1 heterocycles. The first-order chi connectivity index (χ1) is 8.85. The van der Waals surface area contributed by atoms with E-state index in [0.29, 0.717) is 13.0 Å². The molecule has 0 aromatic heterocycles. The maximum Gasteiger partial charge on any atom is 0.224 e. The van der Waals surface area contributed by atoms with Gasteiger partial charge in [-0.05, 0) is 17.5 Å². The van der Waals surface area contributed by atoms with Gasteiger partial charge in [0.15, 0.2) is 0 Å². The summed E-state index contributed by atoms with van der Waals surface area (Å²) in [6.07, 6.45) is 0.505. The van der Waals surface area contributed by atoms with E-state index in [4.69, 9.17) is 4.74 Å². The van der Waals surface area contributed by atoms with Gasteiger partial charge in [0.05, 0.1) is 12.2 Å². The predicted octanol–water partition coefficient (Wildman–Crippen LogP) is 2.89. The molecule has 1 aromatic rings. The van der Waals surface area contributed by atoms with Gasteiger partial charge in [-0.15, -0.1) is 0 Å². The van der Waals surface area contributed by atoms with Crippen LogP contribution in [-0.2, 0) is 4.79 Å². The fraction of sp³-hybridized carbons (Fsp3) is 0.533. The van der Waals surface area contributed by atoms with Gasteiger partial charge in [0.1, 0.15) is 12.4 Å². The Hall–Kier alpha value is -1.71. The molecule has 1 aliphatic heterocycles. The first-order valence-electron chi connectivity index (χ1n) is 6.63. The molecule has 0 unspecified atom stereocenters. The molecule has 19 heavy (non-hydrogen) atoms. The minimum absolute atomic E-state index is 0.00495. The van der Waals surface area contributed by atoms with Gasteiger partial charge in [-0.1, -0.05) is 20.8 Å². The lowest BCUT2D eigenvalue weighted by atomic mass is 9.92. The van der Waals surface area contributed by atoms with Crippen molar-refractivity contribution in [1.82, 2.24) is 0 Å². The van der Waals surface area contributed by atoms with E-state index in [1.54, 1.807) is 0 Å². The molecule has 0 saturated heterocycles. The molecule has 4 heteroatoms. The number of hydrogen-bond donors (Lipinski definition) is 1. The van der Waals surface area contributed by atoms with Crippen molar-refractivity contribution < 1.29 is 9.53 Å². The minimum atomic E-state index is -0.00495. The summed E-state index contributed by atoms with van der Waals surface area (Å²) < 4.78 is 5.62. The minimum Gasteiger partial charge on any atom is -0.489 e. The standard InChI is InChI=1S/C15H22N2O2/c1-15(2,3)10-14(18)16-11-5-6-12-13(9-11)19-8-7-17(12)4/h5-6,9H,7-8,10H2,1-4H3,(H,16,18). The largest absolute Gasteiger partial charge is 0.489 e. The van der Waals surface area contributed by atoms with Crippen LogP contribution in [0.5, 0.6) is 5.75 Å². The van der Waals surface area contributed by atoms with Crippen LogP contribution in [-0.4, -0.2) is 26.1 Å². The molecule has 1 aromatic carbocycles. The van der Waals surface area contributed by atoms with Crippen molar-refractivity contribution in [2.45, 2.75) is 27.2 Å². The number of ether oxygens (including phenoxy) is 1. The highest BCUT2D eigenvalue weighted by molar-refractivity contribution is 5.91. The molecular formula is C15H22N2O2. The number of anilines is 2. The summed E-state index contributed by atoms with van der Waals surface area (Å²) in [6.45, 7) is 7.73. The summed E-state index contributed by atoms with van der Waals surface area (Å²) in [7, 11) is 2.04. The van der Waals surface area contributed by atoms with Crippen LogP contribution in [0.1, 0.15) is 27.2 Å². The third-order valence-electron chi connectivity index (χ3n) is 3.03. The summed E-state index contributed by atoms with van der Waals surface area (Å²) in [4.78, 5) is 14.1. The Morgan fingerprint density at radius 2 is 2.16 bits per heavy atom. The van der Waals surface area contributed by atoms with E-state index in [9.17, 15) is 4.79 Å². The Bertz CT molecular complexity index is 478. The van der Waals surface area contributed by atoms with E-state index in [1.807, 2.05) is 25.2 Å². The van der Waals surface area contributed by atoms with Crippen molar-refractivity contribution in [2.24, 2.45) is 5.41 Å². The van der Waals surface area contributed by atoms with Crippen molar-refractivity contribution in [3.05, 3.63) is 18.2 Å². The number of rotatable bonds is 2. The lowest BCUT2D eigenvalue weighted by molar-refractivity contribution is -0.117. The molecule has 0 aliphatic carbocycles. The van der Waals surface area contributed by atoms with Crippen LogP contribution in [0.2, 0.25) is 0 Å². The summed E-state index contributed by atoms with van der Waals surface area (Å²) in [6, 6.07) is 5.80. The SMILES string of the molecule is CN1CCOc2cc(NC(=O)CC(C)(C)C)ccc21. The second-order valence-electron chi connectivity index (χ2n) is 6.24. The van der Waals surface area contributed by atoms with Crippen LogP contribution in [0.25, 0.3) is 0 Å². The molecule has 104 valence electrons. The van der Waals surface area contributed by atoms with Gasteiger partial charge >= 0.3 is 0 Å². The van der Waals surface area contributed by atoms with Gasteiger partial charge in [0, 0.05) is 25.2 Å². The number of benzene rings is 1. The van der Waals surface area contributed by atoms with Crippen molar-refractivity contribution in [2.75, 3.05) is 30.4 Å². The summed E-state index contributed by atoms with van der Waals surface area (Å²) in [5, 5.41) is 2.93. The molecule has 1 amide bonds. The molecule has 0 spiro atoms. The zero-order chi connectivity index (χ0) is 14.0. The zero-order valence-electron chi connectivity index (χ0n) is 12.1. The van der Waals surface area contributed by atoms with E-state index in [1.165, 1.54) is 0 Å². The zero-order valence-corrected chi connectivity index (χ0v) is 12.1. The third kappa shape index (κ3) is 3.63. The molecule has 1 aliphatic rings. The van der Waals surface area contributed by atoms with E-state index in [0.717, 1.165) is 23.7 Å². The van der Waals surface area contributed by atoms with E-state index < -0.39 is 0 Å². The smallest absolute Gasteiger partial charge is 0.224 e. The Morgan fingerprint density at radius 3 is 2.84 bits per heavy atom. The quantitative estimate of drug-likeness (QED) is 0.891. The van der Waals surface area contributed by atoms with Crippen LogP contribution < -0.4 is 15.0 Å². The molecule has 2 rings (SSSR count). The molecule has 1 N–H and O–H groups in total. The van der Waals surface area contributed by atoms with Crippen LogP contribution in [0.15, 0.2) is 18.2 Å². The monoisotopic (exact) mass is 262 g/mol. The topological polar surface area (TPSA) is 41.6 Å². The fourth-order valence-electron chi connectivity index (χ4n) is 2.12. The molecule has 0 atom stereocenters. The highest BCUT2D eigenvalue weighted by atomic mass is 16.5. The number of carbonyl (C=O) groups excluding carboxylic acids is 1. The van der Waals surface area contributed by atoms with Gasteiger partial charge in [0.2, 0.25) is 5.91 Å².